The first-order valence-corrected chi connectivity index (χ1v) is 4.78. The van der Waals surface area contributed by atoms with Gasteiger partial charge in [-0.3, -0.25) is 15.1 Å². The predicted octanol–water partition coefficient (Wildman–Crippen LogP) is -0.883. The summed E-state index contributed by atoms with van der Waals surface area (Å²) >= 11 is 0. The maximum atomic E-state index is 10.7. The number of nitro groups is 1. The Morgan fingerprint density at radius 1 is 1.35 bits per heavy atom. The van der Waals surface area contributed by atoms with Crippen molar-refractivity contribution in [3.8, 4) is 0 Å². The lowest BCUT2D eigenvalue weighted by molar-refractivity contribution is -0.384. The first kappa shape index (κ1) is 13.3. The van der Waals surface area contributed by atoms with Gasteiger partial charge in [0.2, 0.25) is 0 Å². The van der Waals surface area contributed by atoms with Crippen LogP contribution in [0.1, 0.15) is 0 Å². The van der Waals surface area contributed by atoms with Crippen LogP contribution in [0.15, 0.2) is 18.5 Å². The summed E-state index contributed by atoms with van der Waals surface area (Å²) in [4.78, 5) is 13.7. The standard InChI is InChI=1S/C9H13N3O5/c13-4-9(5-14,6-15)11-7-1-2-10-3-8(7)12(16)17/h1-3,13-15H,4-6H2,(H,10,11). The molecule has 0 amide bonds. The minimum absolute atomic E-state index is 0.0714. The van der Waals surface area contributed by atoms with E-state index in [0.717, 1.165) is 6.20 Å². The number of aliphatic hydroxyl groups is 3. The highest BCUT2D eigenvalue weighted by Crippen LogP contribution is 2.25. The van der Waals surface area contributed by atoms with Gasteiger partial charge >= 0.3 is 5.69 Å². The lowest BCUT2D eigenvalue weighted by Gasteiger charge is -2.29. The summed E-state index contributed by atoms with van der Waals surface area (Å²) in [6, 6.07) is 1.33. The van der Waals surface area contributed by atoms with E-state index in [0.29, 0.717) is 0 Å². The van der Waals surface area contributed by atoms with Crippen molar-refractivity contribution >= 4 is 11.4 Å². The van der Waals surface area contributed by atoms with Crippen molar-refractivity contribution < 1.29 is 20.2 Å². The first-order chi connectivity index (χ1) is 8.08. The van der Waals surface area contributed by atoms with Crippen LogP contribution < -0.4 is 5.32 Å². The second-order valence-electron chi connectivity index (χ2n) is 3.53. The quantitative estimate of drug-likeness (QED) is 0.377. The van der Waals surface area contributed by atoms with E-state index in [1.807, 2.05) is 0 Å². The molecule has 0 aliphatic carbocycles. The van der Waals surface area contributed by atoms with E-state index in [9.17, 15) is 10.1 Å². The lowest BCUT2D eigenvalue weighted by Crippen LogP contribution is -2.49. The summed E-state index contributed by atoms with van der Waals surface area (Å²) < 4.78 is 0. The highest BCUT2D eigenvalue weighted by molar-refractivity contribution is 5.61. The molecule has 0 aromatic carbocycles. The molecule has 0 bridgehead atoms. The molecule has 0 saturated carbocycles. The molecule has 0 fully saturated rings. The van der Waals surface area contributed by atoms with Gasteiger partial charge in [-0.05, 0) is 6.07 Å². The second-order valence-corrected chi connectivity index (χ2v) is 3.53. The van der Waals surface area contributed by atoms with Gasteiger partial charge < -0.3 is 20.6 Å². The number of aliphatic hydroxyl groups excluding tert-OH is 3. The van der Waals surface area contributed by atoms with Gasteiger partial charge in [0, 0.05) is 6.20 Å². The summed E-state index contributed by atoms with van der Waals surface area (Å²) in [5.74, 6) is 0. The van der Waals surface area contributed by atoms with Gasteiger partial charge in [0.05, 0.1) is 24.7 Å². The zero-order chi connectivity index (χ0) is 12.9. The predicted molar refractivity (Wildman–Crippen MR) is 58.5 cm³/mol. The van der Waals surface area contributed by atoms with Crippen LogP contribution in [-0.2, 0) is 0 Å². The summed E-state index contributed by atoms with van der Waals surface area (Å²) in [7, 11) is 0. The Morgan fingerprint density at radius 3 is 2.41 bits per heavy atom. The van der Waals surface area contributed by atoms with Crippen LogP contribution in [0, 0.1) is 10.1 Å². The van der Waals surface area contributed by atoms with Gasteiger partial charge in [0.15, 0.2) is 0 Å². The summed E-state index contributed by atoms with van der Waals surface area (Å²) in [6.45, 7) is -1.71. The third kappa shape index (κ3) is 2.87. The molecule has 0 saturated heterocycles. The highest BCUT2D eigenvalue weighted by atomic mass is 16.6. The SMILES string of the molecule is O=[N+]([O-])c1cnccc1NC(CO)(CO)CO. The zero-order valence-corrected chi connectivity index (χ0v) is 8.91. The van der Waals surface area contributed by atoms with Crippen LogP contribution in [-0.4, -0.2) is 50.6 Å². The third-order valence-corrected chi connectivity index (χ3v) is 2.30. The maximum Gasteiger partial charge on any atom is 0.310 e. The molecule has 17 heavy (non-hydrogen) atoms. The van der Waals surface area contributed by atoms with Crippen molar-refractivity contribution in [2.45, 2.75) is 5.54 Å². The van der Waals surface area contributed by atoms with Gasteiger partial charge in [0.25, 0.3) is 0 Å². The molecule has 94 valence electrons. The van der Waals surface area contributed by atoms with Crippen LogP contribution in [0.4, 0.5) is 11.4 Å². The average molecular weight is 243 g/mol. The third-order valence-electron chi connectivity index (χ3n) is 2.30. The Labute approximate surface area is 96.7 Å². The van der Waals surface area contributed by atoms with Gasteiger partial charge in [-0.2, -0.15) is 0 Å². The molecular formula is C9H13N3O5. The summed E-state index contributed by atoms with van der Waals surface area (Å²) in [5.41, 5.74) is -1.64. The largest absolute Gasteiger partial charge is 0.394 e. The van der Waals surface area contributed by atoms with Gasteiger partial charge in [-0.25, -0.2) is 0 Å². The average Bonchev–Trinajstić information content (AvgIpc) is 2.36. The second kappa shape index (κ2) is 5.53. The Hall–Kier alpha value is -1.77. The van der Waals surface area contributed by atoms with Crippen LogP contribution in [0.25, 0.3) is 0 Å². The van der Waals surface area contributed by atoms with E-state index in [1.54, 1.807) is 0 Å². The molecule has 1 aromatic heterocycles. The number of pyridine rings is 1. The molecule has 8 nitrogen and oxygen atoms in total. The Morgan fingerprint density at radius 2 is 1.94 bits per heavy atom. The smallest absolute Gasteiger partial charge is 0.310 e. The van der Waals surface area contributed by atoms with E-state index in [4.69, 9.17) is 15.3 Å². The number of nitrogens with zero attached hydrogens (tertiary/aromatic N) is 2. The number of nitrogens with one attached hydrogen (secondary N) is 1. The van der Waals surface area contributed by atoms with Crippen LogP contribution in [0.5, 0.6) is 0 Å². The van der Waals surface area contributed by atoms with Crippen LogP contribution >= 0.6 is 0 Å². The molecular weight excluding hydrogens is 230 g/mol. The molecule has 0 atom stereocenters. The first-order valence-electron chi connectivity index (χ1n) is 4.78. The fourth-order valence-electron chi connectivity index (χ4n) is 1.19. The monoisotopic (exact) mass is 243 g/mol. The van der Waals surface area contributed by atoms with E-state index >= 15 is 0 Å². The number of rotatable bonds is 6. The van der Waals surface area contributed by atoms with Crippen LogP contribution in [0.2, 0.25) is 0 Å². The zero-order valence-electron chi connectivity index (χ0n) is 8.91. The summed E-state index contributed by atoms with van der Waals surface area (Å²) in [6.07, 6.45) is 2.37. The minimum Gasteiger partial charge on any atom is -0.394 e. The Balaban J connectivity index is 3.05. The minimum atomic E-state index is -1.41. The van der Waals surface area contributed by atoms with Crippen molar-refractivity contribution in [2.24, 2.45) is 0 Å². The Kier molecular flexibility index (Phi) is 4.32. The van der Waals surface area contributed by atoms with Crippen molar-refractivity contribution in [1.82, 2.24) is 4.98 Å². The van der Waals surface area contributed by atoms with E-state index in [1.165, 1.54) is 12.3 Å². The molecule has 0 aliphatic rings. The maximum absolute atomic E-state index is 10.7. The van der Waals surface area contributed by atoms with Crippen LogP contribution in [0.3, 0.4) is 0 Å². The normalized spacial score (nSPS) is 11.2. The van der Waals surface area contributed by atoms with E-state index in [-0.39, 0.29) is 11.4 Å². The molecule has 0 unspecified atom stereocenters. The van der Waals surface area contributed by atoms with Gasteiger partial charge in [0.1, 0.15) is 17.4 Å². The number of anilines is 1. The number of hydrogen-bond donors (Lipinski definition) is 4. The fourth-order valence-corrected chi connectivity index (χ4v) is 1.19. The molecule has 0 aliphatic heterocycles. The van der Waals surface area contributed by atoms with E-state index in [2.05, 4.69) is 10.3 Å². The molecule has 0 spiro atoms. The Bertz CT molecular complexity index is 386. The highest BCUT2D eigenvalue weighted by Gasteiger charge is 2.30. The number of hydrogen-bond acceptors (Lipinski definition) is 7. The molecule has 1 rings (SSSR count). The van der Waals surface area contributed by atoms with Gasteiger partial charge in [-0.1, -0.05) is 0 Å². The number of aromatic nitrogens is 1. The van der Waals surface area contributed by atoms with Crippen molar-refractivity contribution in [3.63, 3.8) is 0 Å². The van der Waals surface area contributed by atoms with Crippen molar-refractivity contribution in [1.29, 1.82) is 0 Å². The van der Waals surface area contributed by atoms with Crippen molar-refractivity contribution in [2.75, 3.05) is 25.1 Å². The molecule has 1 aromatic rings. The lowest BCUT2D eigenvalue weighted by atomic mass is 10.0. The topological polar surface area (TPSA) is 129 Å². The van der Waals surface area contributed by atoms with E-state index < -0.39 is 30.3 Å². The fraction of sp³-hybridized carbons (Fsp3) is 0.444. The molecule has 8 heteroatoms. The molecule has 0 radical (unpaired) electrons. The van der Waals surface area contributed by atoms with Crippen molar-refractivity contribution in [3.05, 3.63) is 28.6 Å². The molecule has 4 N–H and O–H groups in total. The molecule has 1 heterocycles. The van der Waals surface area contributed by atoms with Gasteiger partial charge in [-0.15, -0.1) is 0 Å². The summed E-state index contributed by atoms with van der Waals surface area (Å²) in [5, 5.41) is 40.6.